The van der Waals surface area contributed by atoms with Crippen LogP contribution >= 0.6 is 11.6 Å². The highest BCUT2D eigenvalue weighted by Gasteiger charge is 2.16. The number of pyridine rings is 1. The molecule has 1 N–H and O–H groups in total. The maximum absolute atomic E-state index is 13.1. The summed E-state index contributed by atoms with van der Waals surface area (Å²) in [5.74, 6) is 0.346. The van der Waals surface area contributed by atoms with Crippen molar-refractivity contribution < 1.29 is 9.13 Å². The normalized spacial score (nSPS) is 12.2. The van der Waals surface area contributed by atoms with Crippen molar-refractivity contribution in [2.75, 3.05) is 13.7 Å². The summed E-state index contributed by atoms with van der Waals surface area (Å²) in [6.07, 6.45) is 3.40. The molecule has 0 spiro atoms. The molecule has 0 fully saturated rings. The molecule has 0 saturated carbocycles. The largest absolute Gasteiger partial charge is 0.492 e. The van der Waals surface area contributed by atoms with E-state index in [9.17, 15) is 4.39 Å². The first kappa shape index (κ1) is 14.8. The fourth-order valence-electron chi connectivity index (χ4n) is 2.08. The van der Waals surface area contributed by atoms with Crippen LogP contribution in [0.5, 0.6) is 5.75 Å². The van der Waals surface area contributed by atoms with Crippen molar-refractivity contribution in [3.8, 4) is 5.75 Å². The summed E-state index contributed by atoms with van der Waals surface area (Å²) in [6, 6.07) is 6.10. The Kier molecular flexibility index (Phi) is 4.93. The SMILES string of the molecule is CCOc1cncc(C(NC)c2ccc(F)cc2Cl)c1. The predicted octanol–water partition coefficient (Wildman–Crippen LogP) is 3.58. The van der Waals surface area contributed by atoms with Crippen LogP contribution < -0.4 is 10.1 Å². The molecule has 2 rings (SSSR count). The van der Waals surface area contributed by atoms with Crippen molar-refractivity contribution in [2.24, 2.45) is 0 Å². The number of aromatic nitrogens is 1. The first-order chi connectivity index (χ1) is 9.65. The van der Waals surface area contributed by atoms with E-state index >= 15 is 0 Å². The van der Waals surface area contributed by atoms with Gasteiger partial charge in [0.15, 0.2) is 0 Å². The third-order valence-corrected chi connectivity index (χ3v) is 3.27. The highest BCUT2D eigenvalue weighted by molar-refractivity contribution is 6.31. The van der Waals surface area contributed by atoms with Gasteiger partial charge < -0.3 is 10.1 Å². The lowest BCUT2D eigenvalue weighted by Crippen LogP contribution is -2.18. The minimum Gasteiger partial charge on any atom is -0.492 e. The average molecular weight is 295 g/mol. The van der Waals surface area contributed by atoms with Crippen LogP contribution in [0.2, 0.25) is 5.02 Å². The van der Waals surface area contributed by atoms with Gasteiger partial charge in [0.25, 0.3) is 0 Å². The second kappa shape index (κ2) is 6.68. The molecule has 1 heterocycles. The Morgan fingerprint density at radius 3 is 2.80 bits per heavy atom. The van der Waals surface area contributed by atoms with Crippen LogP contribution in [0.3, 0.4) is 0 Å². The van der Waals surface area contributed by atoms with Gasteiger partial charge in [0, 0.05) is 11.2 Å². The van der Waals surface area contributed by atoms with Crippen molar-refractivity contribution in [3.05, 3.63) is 58.6 Å². The third-order valence-electron chi connectivity index (χ3n) is 2.94. The van der Waals surface area contributed by atoms with Crippen LogP contribution in [-0.4, -0.2) is 18.6 Å². The summed E-state index contributed by atoms with van der Waals surface area (Å²) in [5, 5.41) is 3.54. The third kappa shape index (κ3) is 3.26. The van der Waals surface area contributed by atoms with Crippen molar-refractivity contribution in [1.29, 1.82) is 0 Å². The number of hydrogen-bond acceptors (Lipinski definition) is 3. The first-order valence-electron chi connectivity index (χ1n) is 6.35. The number of halogens is 2. The molecule has 1 unspecified atom stereocenters. The predicted molar refractivity (Wildman–Crippen MR) is 77.7 cm³/mol. The summed E-state index contributed by atoms with van der Waals surface area (Å²) < 4.78 is 18.6. The van der Waals surface area contributed by atoms with Crippen LogP contribution in [0.1, 0.15) is 24.1 Å². The van der Waals surface area contributed by atoms with Gasteiger partial charge in [-0.3, -0.25) is 4.98 Å². The monoisotopic (exact) mass is 294 g/mol. The Bertz CT molecular complexity index is 592. The van der Waals surface area contributed by atoms with Crippen LogP contribution in [0.15, 0.2) is 36.7 Å². The van der Waals surface area contributed by atoms with Gasteiger partial charge in [-0.1, -0.05) is 17.7 Å². The lowest BCUT2D eigenvalue weighted by Gasteiger charge is -2.19. The number of nitrogens with zero attached hydrogens (tertiary/aromatic N) is 1. The molecule has 0 aliphatic rings. The Morgan fingerprint density at radius 1 is 1.35 bits per heavy atom. The minimum atomic E-state index is -0.352. The van der Waals surface area contributed by atoms with Gasteiger partial charge in [-0.15, -0.1) is 0 Å². The molecule has 0 aliphatic carbocycles. The summed E-state index contributed by atoms with van der Waals surface area (Å²) >= 11 is 6.12. The zero-order chi connectivity index (χ0) is 14.5. The van der Waals surface area contributed by atoms with Crippen molar-refractivity contribution in [2.45, 2.75) is 13.0 Å². The summed E-state index contributed by atoms with van der Waals surface area (Å²) in [5.41, 5.74) is 1.71. The molecule has 1 aromatic carbocycles. The second-order valence-electron chi connectivity index (χ2n) is 4.27. The molecule has 5 heteroatoms. The van der Waals surface area contributed by atoms with E-state index in [1.165, 1.54) is 12.1 Å². The number of rotatable bonds is 5. The Labute approximate surface area is 122 Å². The lowest BCUT2D eigenvalue weighted by molar-refractivity contribution is 0.338. The van der Waals surface area contributed by atoms with Crippen molar-refractivity contribution in [3.63, 3.8) is 0 Å². The standard InChI is InChI=1S/C15H16ClFN2O/c1-3-20-12-6-10(8-19-9-12)15(18-2)13-5-4-11(17)7-14(13)16/h4-9,15,18H,3H2,1-2H3. The Hall–Kier alpha value is -1.65. The molecule has 106 valence electrons. The van der Waals surface area contributed by atoms with E-state index in [0.29, 0.717) is 17.4 Å². The molecule has 3 nitrogen and oxygen atoms in total. The van der Waals surface area contributed by atoms with Crippen LogP contribution in [0.4, 0.5) is 4.39 Å². The number of benzene rings is 1. The van der Waals surface area contributed by atoms with E-state index in [1.807, 2.05) is 20.0 Å². The molecule has 0 aliphatic heterocycles. The zero-order valence-electron chi connectivity index (χ0n) is 11.4. The maximum Gasteiger partial charge on any atom is 0.137 e. The Morgan fingerprint density at radius 2 is 2.15 bits per heavy atom. The number of hydrogen-bond donors (Lipinski definition) is 1. The molecule has 1 atom stereocenters. The molecule has 0 amide bonds. The molecule has 1 aromatic heterocycles. The summed E-state index contributed by atoms with van der Waals surface area (Å²) in [6.45, 7) is 2.49. The van der Waals surface area contributed by atoms with Gasteiger partial charge in [0.2, 0.25) is 0 Å². The number of nitrogens with one attached hydrogen (secondary N) is 1. The van der Waals surface area contributed by atoms with Crippen LogP contribution in [0, 0.1) is 5.82 Å². The smallest absolute Gasteiger partial charge is 0.137 e. The van der Waals surface area contributed by atoms with Crippen molar-refractivity contribution >= 4 is 11.6 Å². The zero-order valence-corrected chi connectivity index (χ0v) is 12.1. The molecule has 20 heavy (non-hydrogen) atoms. The second-order valence-corrected chi connectivity index (χ2v) is 4.68. The molecule has 0 saturated heterocycles. The van der Waals surface area contributed by atoms with Crippen LogP contribution in [0.25, 0.3) is 0 Å². The topological polar surface area (TPSA) is 34.1 Å². The summed E-state index contributed by atoms with van der Waals surface area (Å²) in [7, 11) is 1.82. The fourth-order valence-corrected chi connectivity index (χ4v) is 2.35. The van der Waals surface area contributed by atoms with Gasteiger partial charge in [-0.05, 0) is 43.3 Å². The van der Waals surface area contributed by atoms with E-state index in [2.05, 4.69) is 10.3 Å². The van der Waals surface area contributed by atoms with Gasteiger partial charge in [-0.25, -0.2) is 4.39 Å². The van der Waals surface area contributed by atoms with Gasteiger partial charge >= 0.3 is 0 Å². The Balaban J connectivity index is 2.38. The quantitative estimate of drug-likeness (QED) is 0.915. The van der Waals surface area contributed by atoms with E-state index in [1.54, 1.807) is 18.5 Å². The molecular weight excluding hydrogens is 279 g/mol. The minimum absolute atomic E-state index is 0.170. The summed E-state index contributed by atoms with van der Waals surface area (Å²) in [4.78, 5) is 4.16. The maximum atomic E-state index is 13.1. The molecule has 0 bridgehead atoms. The van der Waals surface area contributed by atoms with E-state index in [0.717, 1.165) is 11.1 Å². The van der Waals surface area contributed by atoms with Gasteiger partial charge in [0.1, 0.15) is 11.6 Å². The highest BCUT2D eigenvalue weighted by atomic mass is 35.5. The lowest BCUT2D eigenvalue weighted by atomic mass is 10.00. The average Bonchev–Trinajstić information content (AvgIpc) is 2.43. The molecule has 2 aromatic rings. The van der Waals surface area contributed by atoms with Gasteiger partial charge in [0.05, 0.1) is 18.8 Å². The highest BCUT2D eigenvalue weighted by Crippen LogP contribution is 2.29. The van der Waals surface area contributed by atoms with Crippen molar-refractivity contribution in [1.82, 2.24) is 10.3 Å². The first-order valence-corrected chi connectivity index (χ1v) is 6.73. The molecular formula is C15H16ClFN2O. The fraction of sp³-hybridized carbons (Fsp3) is 0.267. The van der Waals surface area contributed by atoms with E-state index in [4.69, 9.17) is 16.3 Å². The van der Waals surface area contributed by atoms with E-state index < -0.39 is 0 Å². The van der Waals surface area contributed by atoms with E-state index in [-0.39, 0.29) is 11.9 Å². The number of ether oxygens (including phenoxy) is 1. The molecule has 0 radical (unpaired) electrons. The van der Waals surface area contributed by atoms with Crippen LogP contribution in [-0.2, 0) is 0 Å². The van der Waals surface area contributed by atoms with Gasteiger partial charge in [-0.2, -0.15) is 0 Å².